The first-order valence-corrected chi connectivity index (χ1v) is 10.2. The fourth-order valence-electron chi connectivity index (χ4n) is 6.46. The van der Waals surface area contributed by atoms with Gasteiger partial charge in [-0.2, -0.15) is 0 Å². The zero-order chi connectivity index (χ0) is 17.7. The number of hydrogen-bond donors (Lipinski definition) is 1. The molecule has 1 aromatic heterocycles. The van der Waals surface area contributed by atoms with Gasteiger partial charge in [0.25, 0.3) is 5.91 Å². The lowest BCUT2D eigenvalue weighted by atomic mass is 9.48. The van der Waals surface area contributed by atoms with Gasteiger partial charge in [0.2, 0.25) is 0 Å². The van der Waals surface area contributed by atoms with Crippen LogP contribution in [0.2, 0.25) is 0 Å². The van der Waals surface area contributed by atoms with Crippen LogP contribution in [0.25, 0.3) is 5.69 Å². The van der Waals surface area contributed by atoms with Gasteiger partial charge < -0.3 is 9.88 Å². The van der Waals surface area contributed by atoms with Gasteiger partial charge >= 0.3 is 0 Å². The predicted octanol–water partition coefficient (Wildman–Crippen LogP) is 4.81. The van der Waals surface area contributed by atoms with E-state index in [4.69, 9.17) is 0 Å². The van der Waals surface area contributed by atoms with Crippen molar-refractivity contribution in [2.24, 2.45) is 23.2 Å². The van der Waals surface area contributed by atoms with Gasteiger partial charge in [-0.1, -0.05) is 6.07 Å². The molecule has 4 aliphatic carbocycles. The van der Waals surface area contributed by atoms with Crippen molar-refractivity contribution >= 4 is 5.91 Å². The Labute approximate surface area is 155 Å². The molecule has 1 heterocycles. The van der Waals surface area contributed by atoms with Gasteiger partial charge in [0, 0.05) is 29.7 Å². The van der Waals surface area contributed by atoms with Gasteiger partial charge in [0.15, 0.2) is 0 Å². The van der Waals surface area contributed by atoms with Crippen LogP contribution in [0.3, 0.4) is 0 Å². The van der Waals surface area contributed by atoms with Gasteiger partial charge in [-0.3, -0.25) is 4.79 Å². The molecule has 3 heteroatoms. The molecule has 6 rings (SSSR count). The molecule has 0 radical (unpaired) electrons. The number of aromatic nitrogens is 1. The van der Waals surface area contributed by atoms with Gasteiger partial charge in [0.1, 0.15) is 0 Å². The van der Waals surface area contributed by atoms with Crippen molar-refractivity contribution in [3.63, 3.8) is 0 Å². The number of carbonyl (C=O) groups excluding carboxylic acids is 1. The topological polar surface area (TPSA) is 34.0 Å². The van der Waals surface area contributed by atoms with Crippen LogP contribution in [-0.4, -0.2) is 16.5 Å². The van der Waals surface area contributed by atoms with E-state index < -0.39 is 0 Å². The smallest absolute Gasteiger partial charge is 0.251 e. The third-order valence-electron chi connectivity index (χ3n) is 7.36. The van der Waals surface area contributed by atoms with Crippen LogP contribution in [0, 0.1) is 23.2 Å². The Bertz CT molecular complexity index is 772. The van der Waals surface area contributed by atoms with Crippen LogP contribution >= 0.6 is 0 Å². The molecule has 4 bridgehead atoms. The summed E-state index contributed by atoms with van der Waals surface area (Å²) >= 11 is 0. The first kappa shape index (κ1) is 16.2. The van der Waals surface area contributed by atoms with E-state index in [2.05, 4.69) is 12.2 Å². The molecule has 1 amide bonds. The van der Waals surface area contributed by atoms with Gasteiger partial charge in [0.05, 0.1) is 0 Å². The summed E-state index contributed by atoms with van der Waals surface area (Å²) in [7, 11) is 0. The zero-order valence-electron chi connectivity index (χ0n) is 15.5. The molecule has 136 valence electrons. The monoisotopic (exact) mass is 348 g/mol. The highest BCUT2D eigenvalue weighted by molar-refractivity contribution is 5.95. The molecule has 4 fully saturated rings. The lowest BCUT2D eigenvalue weighted by Crippen LogP contribution is -2.55. The molecule has 0 unspecified atom stereocenters. The Morgan fingerprint density at radius 3 is 2.27 bits per heavy atom. The number of rotatable bonds is 4. The number of nitrogens with zero attached hydrogens (tertiary/aromatic N) is 1. The average molecular weight is 348 g/mol. The largest absolute Gasteiger partial charge is 0.349 e. The lowest BCUT2D eigenvalue weighted by Gasteiger charge is -2.59. The van der Waals surface area contributed by atoms with Crippen LogP contribution < -0.4 is 5.32 Å². The molecule has 1 N–H and O–H groups in total. The van der Waals surface area contributed by atoms with Crippen LogP contribution in [0.5, 0.6) is 0 Å². The number of carbonyl (C=O) groups is 1. The fraction of sp³-hybridized carbons (Fsp3) is 0.522. The van der Waals surface area contributed by atoms with E-state index in [0.717, 1.165) is 29.0 Å². The van der Waals surface area contributed by atoms with Crippen molar-refractivity contribution < 1.29 is 4.79 Å². The van der Waals surface area contributed by atoms with E-state index in [1.165, 1.54) is 38.5 Å². The minimum atomic E-state index is 0.0715. The maximum Gasteiger partial charge on any atom is 0.251 e. The molecule has 4 saturated carbocycles. The molecular weight excluding hydrogens is 320 g/mol. The molecule has 0 spiro atoms. The van der Waals surface area contributed by atoms with Crippen molar-refractivity contribution in [2.75, 3.05) is 0 Å². The summed E-state index contributed by atoms with van der Waals surface area (Å²) in [6, 6.07) is 12.2. The van der Waals surface area contributed by atoms with Crippen LogP contribution in [-0.2, 0) is 0 Å². The molecular formula is C23H28N2O. The normalized spacial score (nSPS) is 33.2. The second-order valence-electron chi connectivity index (χ2n) is 9.12. The first-order valence-electron chi connectivity index (χ1n) is 10.2. The highest BCUT2D eigenvalue weighted by Gasteiger charge is 2.53. The maximum atomic E-state index is 12.9. The van der Waals surface area contributed by atoms with Crippen LogP contribution in [0.1, 0.15) is 55.8 Å². The molecule has 0 aliphatic heterocycles. The summed E-state index contributed by atoms with van der Waals surface area (Å²) in [4.78, 5) is 12.9. The van der Waals surface area contributed by atoms with Crippen LogP contribution in [0.4, 0.5) is 0 Å². The third-order valence-corrected chi connectivity index (χ3v) is 7.36. The van der Waals surface area contributed by atoms with E-state index in [-0.39, 0.29) is 11.9 Å². The van der Waals surface area contributed by atoms with E-state index in [9.17, 15) is 4.79 Å². The summed E-state index contributed by atoms with van der Waals surface area (Å²) in [5.74, 6) is 2.82. The Morgan fingerprint density at radius 1 is 1.04 bits per heavy atom. The second kappa shape index (κ2) is 6.00. The number of hydrogen-bond acceptors (Lipinski definition) is 1. The van der Waals surface area contributed by atoms with E-state index in [1.54, 1.807) is 0 Å². The number of benzene rings is 1. The first-order chi connectivity index (χ1) is 12.6. The van der Waals surface area contributed by atoms with Gasteiger partial charge in [-0.25, -0.2) is 0 Å². The third kappa shape index (κ3) is 2.69. The molecule has 4 aliphatic rings. The summed E-state index contributed by atoms with van der Waals surface area (Å²) in [5, 5.41) is 3.38. The van der Waals surface area contributed by atoms with E-state index in [1.807, 2.05) is 53.4 Å². The van der Waals surface area contributed by atoms with E-state index in [0.29, 0.717) is 5.41 Å². The standard InChI is InChI=1S/C23H28N2O/c1-16(23-13-17-9-18(14-23)11-19(10-17)15-23)24-22(26)20-5-4-6-21(12-20)25-7-2-3-8-25/h2-8,12,16-19H,9-11,13-15H2,1H3,(H,24,26)/t16-,17?,18?,19?,23?/m1/s1. The molecule has 26 heavy (non-hydrogen) atoms. The molecule has 1 atom stereocenters. The maximum absolute atomic E-state index is 12.9. The zero-order valence-corrected chi connectivity index (χ0v) is 15.5. The number of nitrogens with one attached hydrogen (secondary N) is 1. The van der Waals surface area contributed by atoms with Crippen molar-refractivity contribution in [2.45, 2.75) is 51.5 Å². The Morgan fingerprint density at radius 2 is 1.65 bits per heavy atom. The van der Waals surface area contributed by atoms with Crippen LogP contribution in [0.15, 0.2) is 48.8 Å². The van der Waals surface area contributed by atoms with Gasteiger partial charge in [-0.15, -0.1) is 0 Å². The summed E-state index contributed by atoms with van der Waals surface area (Å²) in [6.07, 6.45) is 12.3. The van der Waals surface area contributed by atoms with Crippen molar-refractivity contribution in [3.05, 3.63) is 54.4 Å². The highest BCUT2D eigenvalue weighted by Crippen LogP contribution is 2.61. The minimum Gasteiger partial charge on any atom is -0.349 e. The predicted molar refractivity (Wildman–Crippen MR) is 103 cm³/mol. The fourth-order valence-corrected chi connectivity index (χ4v) is 6.46. The molecule has 1 aromatic carbocycles. The van der Waals surface area contributed by atoms with Gasteiger partial charge in [-0.05, 0) is 98.9 Å². The average Bonchev–Trinajstić information content (AvgIpc) is 3.15. The quantitative estimate of drug-likeness (QED) is 0.845. The molecule has 2 aromatic rings. The Kier molecular flexibility index (Phi) is 3.73. The van der Waals surface area contributed by atoms with Crippen molar-refractivity contribution in [1.29, 1.82) is 0 Å². The van der Waals surface area contributed by atoms with Crippen molar-refractivity contribution in [1.82, 2.24) is 9.88 Å². The second-order valence-corrected chi connectivity index (χ2v) is 9.12. The molecule has 3 nitrogen and oxygen atoms in total. The summed E-state index contributed by atoms with van der Waals surface area (Å²) in [6.45, 7) is 2.25. The lowest BCUT2D eigenvalue weighted by molar-refractivity contribution is -0.0688. The van der Waals surface area contributed by atoms with E-state index >= 15 is 0 Å². The Balaban J connectivity index is 1.33. The summed E-state index contributed by atoms with van der Waals surface area (Å²) in [5.41, 5.74) is 2.14. The minimum absolute atomic E-state index is 0.0715. The summed E-state index contributed by atoms with van der Waals surface area (Å²) < 4.78 is 2.04. The highest BCUT2D eigenvalue weighted by atomic mass is 16.1. The Hall–Kier alpha value is -2.03. The van der Waals surface area contributed by atoms with Crippen molar-refractivity contribution in [3.8, 4) is 5.69 Å². The SMILES string of the molecule is C[C@@H](NC(=O)c1cccc(-n2cccc2)c1)C12CC3CC(CC(C3)C1)C2. The number of amides is 1. The molecule has 0 saturated heterocycles.